The largest absolute Gasteiger partial charge is 0.497 e. The molecular weight excluding hydrogens is 462 g/mol. The van der Waals surface area contributed by atoms with Crippen molar-refractivity contribution in [1.82, 2.24) is 14.9 Å². The first-order valence-corrected chi connectivity index (χ1v) is 12.0. The summed E-state index contributed by atoms with van der Waals surface area (Å²) in [5.74, 6) is 4.13. The van der Waals surface area contributed by atoms with Crippen molar-refractivity contribution in [2.24, 2.45) is 5.73 Å². The first kappa shape index (κ1) is 24.4. The fourth-order valence-electron chi connectivity index (χ4n) is 3.64. The van der Waals surface area contributed by atoms with E-state index in [2.05, 4.69) is 20.7 Å². The second kappa shape index (κ2) is 11.6. The number of benzene rings is 2. The molecule has 35 heavy (non-hydrogen) atoms. The van der Waals surface area contributed by atoms with Gasteiger partial charge in [0.25, 0.3) is 0 Å². The number of primary amides is 1. The van der Waals surface area contributed by atoms with Crippen LogP contribution in [0.3, 0.4) is 0 Å². The zero-order valence-electron chi connectivity index (χ0n) is 19.5. The molecule has 3 aromatic rings. The van der Waals surface area contributed by atoms with Crippen molar-refractivity contribution < 1.29 is 14.3 Å². The van der Waals surface area contributed by atoms with E-state index in [1.807, 2.05) is 36.4 Å². The number of hydrogen-bond donors (Lipinski definition) is 1. The van der Waals surface area contributed by atoms with Gasteiger partial charge in [0.1, 0.15) is 12.4 Å². The van der Waals surface area contributed by atoms with Gasteiger partial charge in [-0.1, -0.05) is 29.8 Å². The minimum atomic E-state index is -0.459. The molecule has 9 heteroatoms. The number of nitrogens with zero attached hydrogens (tertiary/aromatic N) is 4. The molecule has 1 amide bonds. The molecule has 1 fully saturated rings. The van der Waals surface area contributed by atoms with Crippen LogP contribution in [0.5, 0.6) is 11.6 Å². The monoisotopic (exact) mass is 489 g/mol. The molecule has 0 unspecified atom stereocenters. The fourth-order valence-corrected chi connectivity index (χ4v) is 4.46. The van der Waals surface area contributed by atoms with Gasteiger partial charge in [-0.25, -0.2) is 4.98 Å². The number of anilines is 1. The third kappa shape index (κ3) is 6.44. The van der Waals surface area contributed by atoms with Crippen molar-refractivity contribution in [3.8, 4) is 24.0 Å². The molecule has 2 N–H and O–H groups in total. The second-order valence-corrected chi connectivity index (χ2v) is 9.05. The highest BCUT2D eigenvalue weighted by Crippen LogP contribution is 2.35. The van der Waals surface area contributed by atoms with E-state index in [1.54, 1.807) is 25.4 Å². The Morgan fingerprint density at radius 2 is 1.94 bits per heavy atom. The lowest BCUT2D eigenvalue weighted by Gasteiger charge is -2.33. The van der Waals surface area contributed by atoms with Crippen LogP contribution >= 0.6 is 11.8 Å². The Morgan fingerprint density at radius 1 is 1.17 bits per heavy atom. The van der Waals surface area contributed by atoms with Gasteiger partial charge in [-0.05, 0) is 42.0 Å². The molecule has 0 saturated carbocycles. The van der Waals surface area contributed by atoms with Gasteiger partial charge >= 0.3 is 0 Å². The highest BCUT2D eigenvalue weighted by molar-refractivity contribution is 7.99. The Hall–Kier alpha value is -3.74. The van der Waals surface area contributed by atoms with Gasteiger partial charge in [-0.3, -0.25) is 9.69 Å². The molecular formula is C26H27N5O3S. The number of piperazine rings is 1. The molecule has 0 aliphatic carbocycles. The standard InChI is InChI=1S/C26H27N5O3S/c1-3-11-30-12-14-31(15-13-30)26-28-17-23(35-22-9-7-20(8-10-22)24(27)32)25(29-26)34-18-19-5-4-6-21(16-19)33-2/h1,4-10,16-17H,11-15,18H2,2H3,(H2,27,32). The lowest BCUT2D eigenvalue weighted by Crippen LogP contribution is -2.47. The van der Waals surface area contributed by atoms with Crippen LogP contribution in [0.2, 0.25) is 0 Å². The van der Waals surface area contributed by atoms with Gasteiger partial charge in [-0.2, -0.15) is 4.98 Å². The van der Waals surface area contributed by atoms with Crippen molar-refractivity contribution in [3.05, 3.63) is 65.9 Å². The topological polar surface area (TPSA) is 93.8 Å². The van der Waals surface area contributed by atoms with Crippen LogP contribution in [-0.2, 0) is 6.61 Å². The number of rotatable bonds is 9. The van der Waals surface area contributed by atoms with E-state index >= 15 is 0 Å². The lowest BCUT2D eigenvalue weighted by atomic mass is 10.2. The maximum Gasteiger partial charge on any atom is 0.248 e. The number of aromatic nitrogens is 2. The number of nitrogens with two attached hydrogens (primary N) is 1. The Morgan fingerprint density at radius 3 is 2.63 bits per heavy atom. The maximum atomic E-state index is 11.4. The second-order valence-electron chi connectivity index (χ2n) is 7.94. The third-order valence-corrected chi connectivity index (χ3v) is 6.56. The smallest absolute Gasteiger partial charge is 0.248 e. The summed E-state index contributed by atoms with van der Waals surface area (Å²) in [5.41, 5.74) is 6.78. The van der Waals surface area contributed by atoms with Crippen molar-refractivity contribution in [2.75, 3.05) is 44.7 Å². The predicted molar refractivity (Wildman–Crippen MR) is 136 cm³/mol. The molecule has 1 aliphatic heterocycles. The molecule has 1 saturated heterocycles. The summed E-state index contributed by atoms with van der Waals surface area (Å²) in [5, 5.41) is 0. The van der Waals surface area contributed by atoms with Crippen LogP contribution < -0.4 is 20.1 Å². The number of methoxy groups -OCH3 is 1. The van der Waals surface area contributed by atoms with Crippen LogP contribution in [0.1, 0.15) is 15.9 Å². The lowest BCUT2D eigenvalue weighted by molar-refractivity contribution is 0.1000. The van der Waals surface area contributed by atoms with Crippen LogP contribution in [0.4, 0.5) is 5.95 Å². The first-order chi connectivity index (χ1) is 17.1. The molecule has 0 bridgehead atoms. The number of hydrogen-bond acceptors (Lipinski definition) is 8. The molecule has 4 rings (SSSR count). The number of amides is 1. The van der Waals surface area contributed by atoms with E-state index in [0.29, 0.717) is 30.5 Å². The van der Waals surface area contributed by atoms with E-state index in [1.165, 1.54) is 11.8 Å². The van der Waals surface area contributed by atoms with Gasteiger partial charge < -0.3 is 20.1 Å². The van der Waals surface area contributed by atoms with Crippen LogP contribution in [0.15, 0.2) is 64.5 Å². The molecule has 8 nitrogen and oxygen atoms in total. The van der Waals surface area contributed by atoms with Crippen LogP contribution in [0, 0.1) is 12.3 Å². The summed E-state index contributed by atoms with van der Waals surface area (Å²) >= 11 is 1.46. The number of ether oxygens (including phenoxy) is 2. The Bertz CT molecular complexity index is 1200. The summed E-state index contributed by atoms with van der Waals surface area (Å²) in [6, 6.07) is 14.8. The minimum absolute atomic E-state index is 0.331. The summed E-state index contributed by atoms with van der Waals surface area (Å²) in [4.78, 5) is 26.8. The van der Waals surface area contributed by atoms with E-state index in [9.17, 15) is 4.79 Å². The van der Waals surface area contributed by atoms with E-state index < -0.39 is 5.91 Å². The van der Waals surface area contributed by atoms with Gasteiger partial charge in [0.05, 0.1) is 24.7 Å². The predicted octanol–water partition coefficient (Wildman–Crippen LogP) is 3.07. The van der Waals surface area contributed by atoms with Crippen molar-refractivity contribution in [2.45, 2.75) is 16.4 Å². The number of carbonyl (C=O) groups is 1. The normalized spacial score (nSPS) is 13.8. The molecule has 180 valence electrons. The summed E-state index contributed by atoms with van der Waals surface area (Å²) in [7, 11) is 1.64. The molecule has 1 aliphatic rings. The zero-order valence-corrected chi connectivity index (χ0v) is 20.3. The van der Waals surface area contributed by atoms with E-state index in [-0.39, 0.29) is 0 Å². The summed E-state index contributed by atoms with van der Waals surface area (Å²) in [6.07, 6.45) is 7.23. The molecule has 2 aromatic carbocycles. The average molecular weight is 490 g/mol. The van der Waals surface area contributed by atoms with Crippen LogP contribution in [0.25, 0.3) is 0 Å². The highest BCUT2D eigenvalue weighted by atomic mass is 32.2. The van der Waals surface area contributed by atoms with Crippen molar-refractivity contribution in [1.29, 1.82) is 0 Å². The van der Waals surface area contributed by atoms with E-state index in [4.69, 9.17) is 26.6 Å². The summed E-state index contributed by atoms with van der Waals surface area (Å²) < 4.78 is 11.5. The van der Waals surface area contributed by atoms with Crippen molar-refractivity contribution in [3.63, 3.8) is 0 Å². The quantitative estimate of drug-likeness (QED) is 0.459. The molecule has 0 atom stereocenters. The zero-order chi connectivity index (χ0) is 24.6. The van der Waals surface area contributed by atoms with Gasteiger partial charge in [0, 0.05) is 36.6 Å². The van der Waals surface area contributed by atoms with Crippen LogP contribution in [-0.4, -0.2) is 60.6 Å². The Kier molecular flexibility index (Phi) is 8.08. The Labute approximate surface area is 209 Å². The SMILES string of the molecule is C#CCN1CCN(c2ncc(Sc3ccc(C(N)=O)cc3)c(OCc3cccc(OC)c3)n2)CC1. The van der Waals surface area contributed by atoms with E-state index in [0.717, 1.165) is 47.3 Å². The van der Waals surface area contributed by atoms with Gasteiger partial charge in [0.15, 0.2) is 0 Å². The fraction of sp³-hybridized carbons (Fsp3) is 0.269. The maximum absolute atomic E-state index is 11.4. The molecule has 0 radical (unpaired) electrons. The van der Waals surface area contributed by atoms with Gasteiger partial charge in [0.2, 0.25) is 17.7 Å². The average Bonchev–Trinajstić information content (AvgIpc) is 2.89. The molecule has 2 heterocycles. The number of terminal acetylenes is 1. The van der Waals surface area contributed by atoms with Gasteiger partial charge in [-0.15, -0.1) is 6.42 Å². The highest BCUT2D eigenvalue weighted by Gasteiger charge is 2.20. The molecule has 1 aromatic heterocycles. The minimum Gasteiger partial charge on any atom is -0.497 e. The Balaban J connectivity index is 1.55. The third-order valence-electron chi connectivity index (χ3n) is 5.56. The van der Waals surface area contributed by atoms with Crippen molar-refractivity contribution >= 4 is 23.6 Å². The summed E-state index contributed by atoms with van der Waals surface area (Å²) in [6.45, 7) is 4.27. The molecule has 0 spiro atoms. The number of carbonyl (C=O) groups excluding carboxylic acids is 1. The first-order valence-electron chi connectivity index (χ1n) is 11.2.